The molecule has 0 bridgehead atoms. The largest absolute Gasteiger partial charge is 0.393 e. The zero-order valence-electron chi connectivity index (χ0n) is 6.43. The van der Waals surface area contributed by atoms with Crippen molar-refractivity contribution in [1.82, 2.24) is 0 Å². The van der Waals surface area contributed by atoms with Crippen LogP contribution in [-0.4, -0.2) is 11.2 Å². The second-order valence-corrected chi connectivity index (χ2v) is 2.64. The second-order valence-electron chi connectivity index (χ2n) is 2.64. The van der Waals surface area contributed by atoms with E-state index in [1.54, 1.807) is 6.92 Å². The minimum atomic E-state index is -0.239. The third kappa shape index (κ3) is 4.46. The normalized spacial score (nSPS) is 17.3. The molecule has 0 heterocycles. The van der Waals surface area contributed by atoms with Gasteiger partial charge in [-0.05, 0) is 26.2 Å². The second kappa shape index (κ2) is 4.80. The molecular formula is C8H17O. The Morgan fingerprint density at radius 2 is 2.11 bits per heavy atom. The number of aliphatic hydroxyl groups excluding tert-OH is 1. The summed E-state index contributed by atoms with van der Waals surface area (Å²) in [5.74, 6) is 0.227. The van der Waals surface area contributed by atoms with Crippen LogP contribution in [0.25, 0.3) is 0 Å². The SMILES string of the molecule is [CH2]C(CCCC)C(C)O. The van der Waals surface area contributed by atoms with Crippen molar-refractivity contribution in [2.45, 2.75) is 39.2 Å². The highest BCUT2D eigenvalue weighted by molar-refractivity contribution is 4.65. The van der Waals surface area contributed by atoms with E-state index in [4.69, 9.17) is 5.11 Å². The third-order valence-electron chi connectivity index (χ3n) is 1.61. The van der Waals surface area contributed by atoms with Crippen molar-refractivity contribution < 1.29 is 5.11 Å². The van der Waals surface area contributed by atoms with Crippen LogP contribution >= 0.6 is 0 Å². The molecule has 1 heteroatoms. The van der Waals surface area contributed by atoms with Crippen LogP contribution in [0.15, 0.2) is 0 Å². The van der Waals surface area contributed by atoms with Crippen LogP contribution in [0.1, 0.15) is 33.1 Å². The van der Waals surface area contributed by atoms with E-state index in [-0.39, 0.29) is 12.0 Å². The number of hydrogen-bond acceptors (Lipinski definition) is 1. The molecular weight excluding hydrogens is 112 g/mol. The zero-order valence-corrected chi connectivity index (χ0v) is 6.43. The quantitative estimate of drug-likeness (QED) is 0.615. The standard InChI is InChI=1S/C8H17O/c1-4-5-6-7(2)8(3)9/h7-9H,2,4-6H2,1,3H3. The fourth-order valence-corrected chi connectivity index (χ4v) is 0.708. The lowest BCUT2D eigenvalue weighted by Gasteiger charge is -2.12. The van der Waals surface area contributed by atoms with Gasteiger partial charge in [0.2, 0.25) is 0 Å². The molecule has 0 amide bonds. The van der Waals surface area contributed by atoms with Crippen molar-refractivity contribution in [3.8, 4) is 0 Å². The molecule has 0 spiro atoms. The summed E-state index contributed by atoms with van der Waals surface area (Å²) in [5, 5.41) is 8.99. The maximum absolute atomic E-state index is 8.99. The average molecular weight is 129 g/mol. The van der Waals surface area contributed by atoms with Gasteiger partial charge < -0.3 is 5.11 Å². The highest BCUT2D eigenvalue weighted by atomic mass is 16.3. The van der Waals surface area contributed by atoms with Crippen LogP contribution in [0, 0.1) is 12.8 Å². The van der Waals surface area contributed by atoms with E-state index in [9.17, 15) is 0 Å². The predicted molar refractivity (Wildman–Crippen MR) is 40.1 cm³/mol. The van der Waals surface area contributed by atoms with E-state index in [0.717, 1.165) is 6.42 Å². The Bertz CT molecular complexity index is 59.6. The molecule has 2 unspecified atom stereocenters. The van der Waals surface area contributed by atoms with E-state index < -0.39 is 0 Å². The first kappa shape index (κ1) is 8.96. The lowest BCUT2D eigenvalue weighted by atomic mass is 10.00. The fraction of sp³-hybridized carbons (Fsp3) is 0.875. The Balaban J connectivity index is 3.16. The molecule has 0 aromatic carbocycles. The molecule has 0 saturated heterocycles. The zero-order chi connectivity index (χ0) is 7.28. The van der Waals surface area contributed by atoms with Gasteiger partial charge in [0.15, 0.2) is 0 Å². The van der Waals surface area contributed by atoms with Crippen molar-refractivity contribution in [1.29, 1.82) is 0 Å². The summed E-state index contributed by atoms with van der Waals surface area (Å²) in [7, 11) is 0. The van der Waals surface area contributed by atoms with Gasteiger partial charge in [0.05, 0.1) is 6.10 Å². The molecule has 55 valence electrons. The van der Waals surface area contributed by atoms with Crippen LogP contribution in [0.5, 0.6) is 0 Å². The molecule has 0 rings (SSSR count). The topological polar surface area (TPSA) is 20.2 Å². The van der Waals surface area contributed by atoms with Gasteiger partial charge in [-0.3, -0.25) is 0 Å². The van der Waals surface area contributed by atoms with Gasteiger partial charge in [0.25, 0.3) is 0 Å². The van der Waals surface area contributed by atoms with Gasteiger partial charge in [-0.1, -0.05) is 19.8 Å². The van der Waals surface area contributed by atoms with Gasteiger partial charge in [-0.25, -0.2) is 0 Å². The van der Waals surface area contributed by atoms with E-state index in [1.807, 2.05) is 0 Å². The molecule has 1 radical (unpaired) electrons. The summed E-state index contributed by atoms with van der Waals surface area (Å²) in [6.45, 7) is 7.77. The van der Waals surface area contributed by atoms with Crippen molar-refractivity contribution in [2.24, 2.45) is 5.92 Å². The molecule has 2 atom stereocenters. The molecule has 0 aliphatic rings. The maximum Gasteiger partial charge on any atom is 0.0540 e. The summed E-state index contributed by atoms with van der Waals surface area (Å²) < 4.78 is 0. The summed E-state index contributed by atoms with van der Waals surface area (Å²) >= 11 is 0. The van der Waals surface area contributed by atoms with Crippen LogP contribution in [0.3, 0.4) is 0 Å². The van der Waals surface area contributed by atoms with Crippen molar-refractivity contribution >= 4 is 0 Å². The Kier molecular flexibility index (Phi) is 4.78. The van der Waals surface area contributed by atoms with Crippen molar-refractivity contribution in [3.05, 3.63) is 6.92 Å². The van der Waals surface area contributed by atoms with E-state index in [1.165, 1.54) is 12.8 Å². The molecule has 9 heavy (non-hydrogen) atoms. The van der Waals surface area contributed by atoms with Gasteiger partial charge in [0.1, 0.15) is 0 Å². The van der Waals surface area contributed by atoms with E-state index in [0.29, 0.717) is 0 Å². The molecule has 0 saturated carbocycles. The average Bonchev–Trinajstić information content (AvgIpc) is 1.82. The van der Waals surface area contributed by atoms with Crippen LogP contribution < -0.4 is 0 Å². The van der Waals surface area contributed by atoms with Crippen molar-refractivity contribution in [2.75, 3.05) is 0 Å². The lowest BCUT2D eigenvalue weighted by Crippen LogP contribution is -2.12. The summed E-state index contributed by atoms with van der Waals surface area (Å²) in [5.41, 5.74) is 0. The molecule has 0 fully saturated rings. The molecule has 0 aromatic heterocycles. The molecule has 1 N–H and O–H groups in total. The first-order valence-electron chi connectivity index (χ1n) is 3.69. The van der Waals surface area contributed by atoms with Gasteiger partial charge in [-0.15, -0.1) is 0 Å². The Hall–Kier alpha value is -0.0400. The predicted octanol–water partition coefficient (Wildman–Crippen LogP) is 2.01. The van der Waals surface area contributed by atoms with Crippen LogP contribution in [0.4, 0.5) is 0 Å². The summed E-state index contributed by atoms with van der Waals surface area (Å²) in [4.78, 5) is 0. The monoisotopic (exact) mass is 129 g/mol. The highest BCUT2D eigenvalue weighted by Gasteiger charge is 2.06. The third-order valence-corrected chi connectivity index (χ3v) is 1.61. The van der Waals surface area contributed by atoms with Gasteiger partial charge in [-0.2, -0.15) is 0 Å². The number of aliphatic hydroxyl groups is 1. The smallest absolute Gasteiger partial charge is 0.0540 e. The minimum Gasteiger partial charge on any atom is -0.393 e. The highest BCUT2D eigenvalue weighted by Crippen LogP contribution is 2.10. The van der Waals surface area contributed by atoms with E-state index in [2.05, 4.69) is 13.8 Å². The van der Waals surface area contributed by atoms with E-state index >= 15 is 0 Å². The molecule has 0 aliphatic heterocycles. The van der Waals surface area contributed by atoms with Gasteiger partial charge in [0, 0.05) is 0 Å². The molecule has 0 aliphatic carbocycles. The van der Waals surface area contributed by atoms with Gasteiger partial charge >= 0.3 is 0 Å². The molecule has 0 aromatic rings. The Morgan fingerprint density at radius 3 is 2.44 bits per heavy atom. The maximum atomic E-state index is 8.99. The first-order chi connectivity index (χ1) is 4.18. The first-order valence-corrected chi connectivity index (χ1v) is 3.69. The summed E-state index contributed by atoms with van der Waals surface area (Å²) in [6.07, 6.45) is 3.18. The number of rotatable bonds is 4. The lowest BCUT2D eigenvalue weighted by molar-refractivity contribution is 0.141. The fourth-order valence-electron chi connectivity index (χ4n) is 0.708. The minimum absolute atomic E-state index is 0.227. The van der Waals surface area contributed by atoms with Crippen LogP contribution in [-0.2, 0) is 0 Å². The van der Waals surface area contributed by atoms with Crippen LogP contribution in [0.2, 0.25) is 0 Å². The Morgan fingerprint density at radius 1 is 1.56 bits per heavy atom. The number of hydrogen-bond donors (Lipinski definition) is 1. The molecule has 1 nitrogen and oxygen atoms in total. The number of unbranched alkanes of at least 4 members (excludes halogenated alkanes) is 1. The van der Waals surface area contributed by atoms with Crippen molar-refractivity contribution in [3.63, 3.8) is 0 Å². The Labute approximate surface area is 58.1 Å². The summed E-state index contributed by atoms with van der Waals surface area (Å²) in [6, 6.07) is 0.